The summed E-state index contributed by atoms with van der Waals surface area (Å²) in [6, 6.07) is 0. The van der Waals surface area contributed by atoms with Crippen molar-refractivity contribution in [2.24, 2.45) is 17.6 Å². The van der Waals surface area contributed by atoms with Crippen molar-refractivity contribution in [3.63, 3.8) is 0 Å². The number of rotatable bonds is 6. The zero-order valence-electron chi connectivity index (χ0n) is 9.10. The number of hydrogen-bond acceptors (Lipinski definition) is 1. The minimum absolute atomic E-state index is 0.863. The van der Waals surface area contributed by atoms with Gasteiger partial charge in [-0.25, -0.2) is 0 Å². The second-order valence-electron chi connectivity index (χ2n) is 4.54. The van der Waals surface area contributed by atoms with Gasteiger partial charge in [0.25, 0.3) is 0 Å². The van der Waals surface area contributed by atoms with E-state index in [-0.39, 0.29) is 0 Å². The van der Waals surface area contributed by atoms with E-state index in [1.165, 1.54) is 51.4 Å². The number of unbranched alkanes of at least 4 members (excludes halogenated alkanes) is 3. The zero-order valence-corrected chi connectivity index (χ0v) is 9.10. The Morgan fingerprint density at radius 2 is 1.85 bits per heavy atom. The first-order chi connectivity index (χ1) is 6.38. The molecule has 1 aliphatic rings. The summed E-state index contributed by atoms with van der Waals surface area (Å²) >= 11 is 0. The van der Waals surface area contributed by atoms with Crippen LogP contribution in [-0.2, 0) is 0 Å². The Kier molecular flexibility index (Phi) is 5.45. The molecule has 1 saturated carbocycles. The highest BCUT2D eigenvalue weighted by Crippen LogP contribution is 2.34. The molecule has 0 aromatic rings. The average molecular weight is 183 g/mol. The van der Waals surface area contributed by atoms with E-state index in [0.29, 0.717) is 0 Å². The van der Waals surface area contributed by atoms with Gasteiger partial charge in [0.2, 0.25) is 0 Å². The highest BCUT2D eigenvalue weighted by molar-refractivity contribution is 4.77. The van der Waals surface area contributed by atoms with Crippen LogP contribution in [0.3, 0.4) is 0 Å². The molecule has 0 aliphatic heterocycles. The fourth-order valence-corrected chi connectivity index (χ4v) is 2.64. The van der Waals surface area contributed by atoms with Crippen LogP contribution in [0.25, 0.3) is 0 Å². The molecule has 13 heavy (non-hydrogen) atoms. The molecule has 1 fully saturated rings. The molecule has 0 spiro atoms. The Balaban J connectivity index is 2.06. The van der Waals surface area contributed by atoms with E-state index in [2.05, 4.69) is 6.92 Å². The second-order valence-corrected chi connectivity index (χ2v) is 4.54. The number of hydrogen-bond donors (Lipinski definition) is 1. The predicted molar refractivity (Wildman–Crippen MR) is 58.6 cm³/mol. The van der Waals surface area contributed by atoms with Gasteiger partial charge in [-0.2, -0.15) is 0 Å². The fraction of sp³-hybridized carbons (Fsp3) is 1.00. The van der Waals surface area contributed by atoms with Crippen molar-refractivity contribution >= 4 is 0 Å². The molecule has 2 N–H and O–H groups in total. The lowest BCUT2D eigenvalue weighted by Gasteiger charge is -2.17. The van der Waals surface area contributed by atoms with Gasteiger partial charge in [0.1, 0.15) is 0 Å². The van der Waals surface area contributed by atoms with Crippen molar-refractivity contribution in [2.45, 2.75) is 58.3 Å². The Morgan fingerprint density at radius 3 is 2.54 bits per heavy atom. The lowest BCUT2D eigenvalue weighted by molar-refractivity contribution is 0.358. The van der Waals surface area contributed by atoms with Crippen molar-refractivity contribution in [3.8, 4) is 0 Å². The monoisotopic (exact) mass is 183 g/mol. The minimum atomic E-state index is 0.863. The molecule has 0 amide bonds. The first-order valence-corrected chi connectivity index (χ1v) is 6.08. The third-order valence-electron chi connectivity index (χ3n) is 3.55. The Hall–Kier alpha value is -0.0400. The Morgan fingerprint density at radius 1 is 1.08 bits per heavy atom. The molecule has 78 valence electrons. The van der Waals surface area contributed by atoms with Crippen LogP contribution in [0.2, 0.25) is 0 Å². The van der Waals surface area contributed by atoms with Crippen molar-refractivity contribution < 1.29 is 0 Å². The van der Waals surface area contributed by atoms with Crippen molar-refractivity contribution in [1.29, 1.82) is 0 Å². The van der Waals surface area contributed by atoms with Gasteiger partial charge in [0, 0.05) is 0 Å². The van der Waals surface area contributed by atoms with E-state index in [9.17, 15) is 0 Å². The number of nitrogens with two attached hydrogens (primary N) is 1. The van der Waals surface area contributed by atoms with Gasteiger partial charge in [0.05, 0.1) is 0 Å². The Bertz CT molecular complexity index is 122. The molecule has 0 heterocycles. The van der Waals surface area contributed by atoms with Crippen LogP contribution < -0.4 is 5.73 Å². The summed E-state index contributed by atoms with van der Waals surface area (Å²) in [4.78, 5) is 0. The molecule has 1 aliphatic carbocycles. The maximum atomic E-state index is 5.75. The van der Waals surface area contributed by atoms with E-state index >= 15 is 0 Å². The summed E-state index contributed by atoms with van der Waals surface area (Å²) in [5, 5.41) is 0. The summed E-state index contributed by atoms with van der Waals surface area (Å²) in [7, 11) is 0. The molecule has 0 radical (unpaired) electrons. The molecular weight excluding hydrogens is 158 g/mol. The first-order valence-electron chi connectivity index (χ1n) is 6.08. The van der Waals surface area contributed by atoms with Crippen molar-refractivity contribution in [3.05, 3.63) is 0 Å². The van der Waals surface area contributed by atoms with E-state index in [1.807, 2.05) is 0 Å². The van der Waals surface area contributed by atoms with Crippen LogP contribution in [0.15, 0.2) is 0 Å². The van der Waals surface area contributed by atoms with Gasteiger partial charge in [0.15, 0.2) is 0 Å². The summed E-state index contributed by atoms with van der Waals surface area (Å²) in [5.41, 5.74) is 5.75. The van der Waals surface area contributed by atoms with Gasteiger partial charge in [-0.3, -0.25) is 0 Å². The van der Waals surface area contributed by atoms with Crippen molar-refractivity contribution in [1.82, 2.24) is 0 Å². The molecule has 2 atom stereocenters. The largest absolute Gasteiger partial charge is 0.330 e. The molecule has 0 bridgehead atoms. The molecular formula is C12H25N. The van der Waals surface area contributed by atoms with Crippen LogP contribution in [0.1, 0.15) is 58.3 Å². The standard InChI is InChI=1S/C12H25N/c1-2-3-4-5-7-11-8-6-9-12(11)10-13/h11-12H,2-10,13H2,1H3. The topological polar surface area (TPSA) is 26.0 Å². The summed E-state index contributed by atoms with van der Waals surface area (Å²) in [6.07, 6.45) is 11.4. The van der Waals surface area contributed by atoms with Gasteiger partial charge >= 0.3 is 0 Å². The average Bonchev–Trinajstić information content (AvgIpc) is 2.60. The third-order valence-corrected chi connectivity index (χ3v) is 3.55. The maximum Gasteiger partial charge on any atom is -0.00462 e. The molecule has 0 aromatic heterocycles. The zero-order chi connectivity index (χ0) is 9.52. The summed E-state index contributed by atoms with van der Waals surface area (Å²) in [6.45, 7) is 3.21. The van der Waals surface area contributed by atoms with E-state index in [4.69, 9.17) is 5.73 Å². The molecule has 0 saturated heterocycles. The summed E-state index contributed by atoms with van der Waals surface area (Å²) < 4.78 is 0. The normalized spacial score (nSPS) is 28.2. The summed E-state index contributed by atoms with van der Waals surface area (Å²) in [5.74, 6) is 1.84. The quantitative estimate of drug-likeness (QED) is 0.628. The van der Waals surface area contributed by atoms with Crippen LogP contribution in [0.5, 0.6) is 0 Å². The Labute approximate surface area is 83.1 Å². The minimum Gasteiger partial charge on any atom is -0.330 e. The van der Waals surface area contributed by atoms with Crippen LogP contribution in [0, 0.1) is 11.8 Å². The third kappa shape index (κ3) is 3.68. The van der Waals surface area contributed by atoms with Gasteiger partial charge in [-0.1, -0.05) is 51.9 Å². The van der Waals surface area contributed by atoms with E-state index in [0.717, 1.165) is 18.4 Å². The lowest BCUT2D eigenvalue weighted by atomic mass is 9.91. The molecule has 1 rings (SSSR count). The molecule has 2 unspecified atom stereocenters. The lowest BCUT2D eigenvalue weighted by Crippen LogP contribution is -2.18. The van der Waals surface area contributed by atoms with Gasteiger partial charge in [-0.05, 0) is 24.8 Å². The molecule has 1 heteroatoms. The van der Waals surface area contributed by atoms with Crippen LogP contribution in [-0.4, -0.2) is 6.54 Å². The van der Waals surface area contributed by atoms with Gasteiger partial charge < -0.3 is 5.73 Å². The fourth-order valence-electron chi connectivity index (χ4n) is 2.64. The maximum absolute atomic E-state index is 5.75. The van der Waals surface area contributed by atoms with Crippen LogP contribution >= 0.6 is 0 Å². The molecule has 1 nitrogen and oxygen atoms in total. The highest BCUT2D eigenvalue weighted by atomic mass is 14.6. The first kappa shape index (κ1) is 11.0. The second kappa shape index (κ2) is 6.42. The highest BCUT2D eigenvalue weighted by Gasteiger charge is 2.24. The SMILES string of the molecule is CCCCCCC1CCCC1CN. The van der Waals surface area contributed by atoms with E-state index in [1.54, 1.807) is 0 Å². The molecule has 0 aromatic carbocycles. The van der Waals surface area contributed by atoms with E-state index < -0.39 is 0 Å². The van der Waals surface area contributed by atoms with Crippen LogP contribution in [0.4, 0.5) is 0 Å². The van der Waals surface area contributed by atoms with Gasteiger partial charge in [-0.15, -0.1) is 0 Å². The smallest absolute Gasteiger partial charge is 0.00462 e. The predicted octanol–water partition coefficient (Wildman–Crippen LogP) is 3.33. The van der Waals surface area contributed by atoms with Crippen molar-refractivity contribution in [2.75, 3.05) is 6.54 Å².